The van der Waals surface area contributed by atoms with Crippen LogP contribution in [0.3, 0.4) is 0 Å². The van der Waals surface area contributed by atoms with Crippen LogP contribution in [0.1, 0.15) is 48.5 Å². The lowest BCUT2D eigenvalue weighted by Crippen LogP contribution is -2.49. The van der Waals surface area contributed by atoms with E-state index in [2.05, 4.69) is 12.2 Å². The van der Waals surface area contributed by atoms with Crippen LogP contribution < -0.4 is 11.1 Å². The highest BCUT2D eigenvalue weighted by Gasteiger charge is 2.27. The number of piperidine rings is 1. The van der Waals surface area contributed by atoms with E-state index >= 15 is 0 Å². The second-order valence-corrected chi connectivity index (χ2v) is 6.04. The number of hydrogen-bond donors (Lipinski definition) is 2. The number of nitrogens with two attached hydrogens (primary N) is 1. The Labute approximate surface area is 138 Å². The van der Waals surface area contributed by atoms with E-state index < -0.39 is 0 Å². The standard InChI is InChI=1S/C18H27N3O2/c1-2-14-6-8-15(9-7-14)18(23)21-12-4-3-5-16(21)13-20-17(22)10-11-19/h6-9,16H,2-5,10-13,19H2,1H3,(H,20,22). The summed E-state index contributed by atoms with van der Waals surface area (Å²) < 4.78 is 0. The van der Waals surface area contributed by atoms with Gasteiger partial charge in [-0.25, -0.2) is 0 Å². The fourth-order valence-corrected chi connectivity index (χ4v) is 2.98. The molecule has 1 aliphatic heterocycles. The van der Waals surface area contributed by atoms with E-state index in [1.165, 1.54) is 5.56 Å². The lowest BCUT2D eigenvalue weighted by molar-refractivity contribution is -0.121. The molecule has 0 radical (unpaired) electrons. The molecule has 5 nitrogen and oxygen atoms in total. The van der Waals surface area contributed by atoms with Gasteiger partial charge in [-0.3, -0.25) is 9.59 Å². The molecule has 1 atom stereocenters. The number of aryl methyl sites for hydroxylation is 1. The average Bonchev–Trinajstić information content (AvgIpc) is 2.60. The molecule has 1 saturated heterocycles. The van der Waals surface area contributed by atoms with Gasteiger partial charge in [-0.05, 0) is 43.4 Å². The van der Waals surface area contributed by atoms with Crippen LogP contribution >= 0.6 is 0 Å². The smallest absolute Gasteiger partial charge is 0.254 e. The first-order chi connectivity index (χ1) is 11.2. The third kappa shape index (κ3) is 4.79. The van der Waals surface area contributed by atoms with Crippen molar-refractivity contribution in [2.75, 3.05) is 19.6 Å². The first kappa shape index (κ1) is 17.5. The van der Waals surface area contributed by atoms with E-state index in [1.54, 1.807) is 0 Å². The highest BCUT2D eigenvalue weighted by atomic mass is 16.2. The van der Waals surface area contributed by atoms with E-state index in [0.29, 0.717) is 19.5 Å². The highest BCUT2D eigenvalue weighted by molar-refractivity contribution is 5.94. The van der Waals surface area contributed by atoms with Gasteiger partial charge in [0.25, 0.3) is 5.91 Å². The molecule has 0 bridgehead atoms. The van der Waals surface area contributed by atoms with Crippen LogP contribution in [-0.4, -0.2) is 42.4 Å². The van der Waals surface area contributed by atoms with Crippen molar-refractivity contribution in [3.63, 3.8) is 0 Å². The molecular weight excluding hydrogens is 290 g/mol. The number of carbonyl (C=O) groups excluding carboxylic acids is 2. The molecule has 0 spiro atoms. The van der Waals surface area contributed by atoms with Crippen LogP contribution in [-0.2, 0) is 11.2 Å². The number of carbonyl (C=O) groups is 2. The predicted molar refractivity (Wildman–Crippen MR) is 91.2 cm³/mol. The number of nitrogens with one attached hydrogen (secondary N) is 1. The number of likely N-dealkylation sites (tertiary alicyclic amines) is 1. The third-order valence-electron chi connectivity index (χ3n) is 4.40. The Balaban J connectivity index is 2.01. The number of hydrogen-bond acceptors (Lipinski definition) is 3. The Morgan fingerprint density at radius 2 is 2.00 bits per heavy atom. The Hall–Kier alpha value is -1.88. The van der Waals surface area contributed by atoms with Gasteiger partial charge in [0.05, 0.1) is 0 Å². The molecule has 2 amide bonds. The van der Waals surface area contributed by atoms with Crippen molar-refractivity contribution < 1.29 is 9.59 Å². The van der Waals surface area contributed by atoms with Crippen molar-refractivity contribution in [3.05, 3.63) is 35.4 Å². The maximum atomic E-state index is 12.8. The van der Waals surface area contributed by atoms with Crippen molar-refractivity contribution in [2.24, 2.45) is 5.73 Å². The molecule has 5 heteroatoms. The Morgan fingerprint density at radius 1 is 1.26 bits per heavy atom. The summed E-state index contributed by atoms with van der Waals surface area (Å²) >= 11 is 0. The molecule has 126 valence electrons. The Kier molecular flexibility index (Phi) is 6.59. The molecule has 1 heterocycles. The zero-order chi connectivity index (χ0) is 16.7. The molecule has 3 N–H and O–H groups in total. The van der Waals surface area contributed by atoms with Gasteiger partial charge < -0.3 is 16.0 Å². The molecule has 1 aliphatic rings. The predicted octanol–water partition coefficient (Wildman–Crippen LogP) is 1.71. The van der Waals surface area contributed by atoms with Gasteiger partial charge in [0.15, 0.2) is 0 Å². The minimum absolute atomic E-state index is 0.0437. The molecular formula is C18H27N3O2. The van der Waals surface area contributed by atoms with Crippen LogP contribution in [0.15, 0.2) is 24.3 Å². The maximum Gasteiger partial charge on any atom is 0.254 e. The van der Waals surface area contributed by atoms with E-state index in [4.69, 9.17) is 5.73 Å². The van der Waals surface area contributed by atoms with Crippen molar-refractivity contribution >= 4 is 11.8 Å². The maximum absolute atomic E-state index is 12.8. The van der Waals surface area contributed by atoms with E-state index in [0.717, 1.165) is 37.8 Å². The van der Waals surface area contributed by atoms with Crippen LogP contribution in [0.25, 0.3) is 0 Å². The highest BCUT2D eigenvalue weighted by Crippen LogP contribution is 2.19. The average molecular weight is 317 g/mol. The van der Waals surface area contributed by atoms with Crippen molar-refractivity contribution in [1.82, 2.24) is 10.2 Å². The van der Waals surface area contributed by atoms with E-state index in [-0.39, 0.29) is 17.9 Å². The first-order valence-corrected chi connectivity index (χ1v) is 8.52. The topological polar surface area (TPSA) is 75.4 Å². The minimum atomic E-state index is -0.0437. The van der Waals surface area contributed by atoms with Crippen molar-refractivity contribution in [1.29, 1.82) is 0 Å². The van der Waals surface area contributed by atoms with Crippen LogP contribution in [0.2, 0.25) is 0 Å². The van der Waals surface area contributed by atoms with Gasteiger partial charge in [-0.1, -0.05) is 19.1 Å². The largest absolute Gasteiger partial charge is 0.354 e. The summed E-state index contributed by atoms with van der Waals surface area (Å²) in [6, 6.07) is 7.90. The summed E-state index contributed by atoms with van der Waals surface area (Å²) in [6.07, 6.45) is 4.34. The Bertz CT molecular complexity index is 528. The monoisotopic (exact) mass is 317 g/mol. The SMILES string of the molecule is CCc1ccc(C(=O)N2CCCCC2CNC(=O)CCN)cc1. The van der Waals surface area contributed by atoms with Crippen molar-refractivity contribution in [2.45, 2.75) is 45.1 Å². The molecule has 0 aliphatic carbocycles. The second-order valence-electron chi connectivity index (χ2n) is 6.04. The molecule has 0 saturated carbocycles. The van der Waals surface area contributed by atoms with Gasteiger partial charge in [-0.2, -0.15) is 0 Å². The quantitative estimate of drug-likeness (QED) is 0.838. The lowest BCUT2D eigenvalue weighted by Gasteiger charge is -2.36. The molecule has 1 aromatic carbocycles. The van der Waals surface area contributed by atoms with Crippen LogP contribution in [0.4, 0.5) is 0 Å². The molecule has 1 fully saturated rings. The summed E-state index contributed by atoms with van der Waals surface area (Å²) in [7, 11) is 0. The summed E-state index contributed by atoms with van der Waals surface area (Å²) in [4.78, 5) is 26.3. The summed E-state index contributed by atoms with van der Waals surface area (Å²) in [5.74, 6) is 0.0169. The molecule has 1 unspecified atom stereocenters. The first-order valence-electron chi connectivity index (χ1n) is 8.52. The minimum Gasteiger partial charge on any atom is -0.354 e. The van der Waals surface area contributed by atoms with Gasteiger partial charge in [0.1, 0.15) is 0 Å². The van der Waals surface area contributed by atoms with Gasteiger partial charge in [-0.15, -0.1) is 0 Å². The lowest BCUT2D eigenvalue weighted by atomic mass is 10.00. The molecule has 23 heavy (non-hydrogen) atoms. The summed E-state index contributed by atoms with van der Waals surface area (Å²) in [5.41, 5.74) is 7.34. The Morgan fingerprint density at radius 3 is 2.65 bits per heavy atom. The number of rotatable bonds is 6. The van der Waals surface area contributed by atoms with Crippen LogP contribution in [0.5, 0.6) is 0 Å². The second kappa shape index (κ2) is 8.67. The molecule has 1 aromatic rings. The zero-order valence-corrected chi connectivity index (χ0v) is 13.9. The summed E-state index contributed by atoms with van der Waals surface area (Å²) in [6.45, 7) is 3.72. The fraction of sp³-hybridized carbons (Fsp3) is 0.556. The number of benzene rings is 1. The van der Waals surface area contributed by atoms with Crippen molar-refractivity contribution in [3.8, 4) is 0 Å². The van der Waals surface area contributed by atoms with Gasteiger partial charge in [0.2, 0.25) is 5.91 Å². The van der Waals surface area contributed by atoms with E-state index in [9.17, 15) is 9.59 Å². The van der Waals surface area contributed by atoms with Gasteiger partial charge >= 0.3 is 0 Å². The number of amides is 2. The molecule has 2 rings (SSSR count). The van der Waals surface area contributed by atoms with E-state index in [1.807, 2.05) is 29.2 Å². The van der Waals surface area contributed by atoms with Crippen LogP contribution in [0, 0.1) is 0 Å². The third-order valence-corrected chi connectivity index (χ3v) is 4.40. The zero-order valence-electron chi connectivity index (χ0n) is 13.9. The number of nitrogens with zero attached hydrogens (tertiary/aromatic N) is 1. The van der Waals surface area contributed by atoms with Gasteiger partial charge in [0, 0.05) is 37.7 Å². The molecule has 0 aromatic heterocycles. The summed E-state index contributed by atoms with van der Waals surface area (Å²) in [5, 5.41) is 2.90. The normalized spacial score (nSPS) is 17.8. The fourth-order valence-electron chi connectivity index (χ4n) is 2.98.